The van der Waals surface area contributed by atoms with Crippen molar-refractivity contribution in [1.29, 1.82) is 0 Å². The Morgan fingerprint density at radius 1 is 1.23 bits per heavy atom. The summed E-state index contributed by atoms with van der Waals surface area (Å²) in [5.41, 5.74) is 2.02. The maximum absolute atomic E-state index is 13.0. The molecule has 0 fully saturated rings. The Labute approximate surface area is 158 Å². The zero-order valence-electron chi connectivity index (χ0n) is 15.0. The van der Waals surface area contributed by atoms with Crippen LogP contribution in [0.2, 0.25) is 0 Å². The molecule has 0 spiro atoms. The molecule has 0 amide bonds. The van der Waals surface area contributed by atoms with Gasteiger partial charge < -0.3 is 0 Å². The molecule has 0 bridgehead atoms. The monoisotopic (exact) mass is 392 g/mol. The van der Waals surface area contributed by atoms with E-state index in [4.69, 9.17) is 0 Å². The Balaban J connectivity index is 1.89. The van der Waals surface area contributed by atoms with E-state index >= 15 is 0 Å². The lowest BCUT2D eigenvalue weighted by Gasteiger charge is -2.16. The van der Waals surface area contributed by atoms with E-state index in [1.54, 1.807) is 10.6 Å². The van der Waals surface area contributed by atoms with Gasteiger partial charge in [0.25, 0.3) is 5.56 Å². The standard InChI is InChI=1S/C19H24N2O3S2/c1-26(23,24)14-13-25-19-20-17-10-6-5-9-16(17)18(22)21(19)12-11-15-7-3-2-4-8-15/h5-7,9-10H,2-4,8,11-14H2,1H3. The zero-order chi connectivity index (χ0) is 18.6. The van der Waals surface area contributed by atoms with Crippen LogP contribution in [0.25, 0.3) is 10.9 Å². The number of hydrogen-bond acceptors (Lipinski definition) is 5. The third kappa shape index (κ3) is 4.98. The SMILES string of the molecule is CS(=O)(=O)CCSc1nc2ccccc2c(=O)n1CCC1=CCCCC1. The van der Waals surface area contributed by atoms with Gasteiger partial charge in [-0.05, 0) is 44.2 Å². The van der Waals surface area contributed by atoms with Crippen LogP contribution in [0.15, 0.2) is 45.9 Å². The molecule has 0 N–H and O–H groups in total. The van der Waals surface area contributed by atoms with E-state index in [2.05, 4.69) is 11.1 Å². The van der Waals surface area contributed by atoms with E-state index in [0.717, 1.165) is 19.3 Å². The van der Waals surface area contributed by atoms with Gasteiger partial charge in [0, 0.05) is 18.6 Å². The summed E-state index contributed by atoms with van der Waals surface area (Å²) in [4.78, 5) is 17.6. The van der Waals surface area contributed by atoms with Crippen molar-refractivity contribution in [2.75, 3.05) is 17.8 Å². The van der Waals surface area contributed by atoms with Gasteiger partial charge in [0.15, 0.2) is 5.16 Å². The second-order valence-electron chi connectivity index (χ2n) is 6.70. The molecule has 1 aliphatic carbocycles. The van der Waals surface area contributed by atoms with Gasteiger partial charge in [-0.1, -0.05) is 35.5 Å². The van der Waals surface area contributed by atoms with Gasteiger partial charge in [-0.25, -0.2) is 13.4 Å². The molecule has 0 saturated carbocycles. The zero-order valence-corrected chi connectivity index (χ0v) is 16.6. The van der Waals surface area contributed by atoms with Gasteiger partial charge >= 0.3 is 0 Å². The smallest absolute Gasteiger partial charge is 0.262 e. The minimum absolute atomic E-state index is 0.0473. The molecule has 2 aromatic rings. The molecule has 0 atom stereocenters. The van der Waals surface area contributed by atoms with Crippen molar-refractivity contribution in [2.45, 2.75) is 43.8 Å². The van der Waals surface area contributed by atoms with Gasteiger partial charge in [0.2, 0.25) is 0 Å². The van der Waals surface area contributed by atoms with Crippen LogP contribution in [-0.2, 0) is 16.4 Å². The highest BCUT2D eigenvalue weighted by atomic mass is 32.2. The molecule has 3 rings (SSSR count). The molecular weight excluding hydrogens is 368 g/mol. The first-order valence-electron chi connectivity index (χ1n) is 8.92. The Hall–Kier alpha value is -1.60. The molecule has 0 radical (unpaired) electrons. The van der Waals surface area contributed by atoms with E-state index < -0.39 is 9.84 Å². The van der Waals surface area contributed by atoms with Crippen molar-refractivity contribution in [3.05, 3.63) is 46.3 Å². The van der Waals surface area contributed by atoms with Crippen LogP contribution in [0, 0.1) is 0 Å². The normalized spacial score (nSPS) is 15.2. The molecule has 0 unspecified atom stereocenters. The van der Waals surface area contributed by atoms with E-state index in [9.17, 15) is 13.2 Å². The number of aromatic nitrogens is 2. The average Bonchev–Trinajstić information content (AvgIpc) is 2.61. The molecule has 1 aliphatic rings. The lowest BCUT2D eigenvalue weighted by Crippen LogP contribution is -2.24. The minimum Gasteiger partial charge on any atom is -0.287 e. The fraction of sp³-hybridized carbons (Fsp3) is 0.474. The Morgan fingerprint density at radius 3 is 2.77 bits per heavy atom. The molecule has 0 saturated heterocycles. The number of nitrogens with zero attached hydrogens (tertiary/aromatic N) is 2. The minimum atomic E-state index is -3.03. The highest BCUT2D eigenvalue weighted by Crippen LogP contribution is 2.23. The number of benzene rings is 1. The third-order valence-electron chi connectivity index (χ3n) is 4.55. The van der Waals surface area contributed by atoms with E-state index in [0.29, 0.717) is 28.4 Å². The summed E-state index contributed by atoms with van der Waals surface area (Å²) in [6.07, 6.45) is 9.05. The van der Waals surface area contributed by atoms with E-state index in [1.165, 1.54) is 36.4 Å². The number of hydrogen-bond donors (Lipinski definition) is 0. The number of rotatable bonds is 7. The molecule has 1 aromatic heterocycles. The summed E-state index contributed by atoms with van der Waals surface area (Å²) in [5.74, 6) is 0.470. The Morgan fingerprint density at radius 2 is 2.04 bits per heavy atom. The van der Waals surface area contributed by atoms with Gasteiger partial charge in [0.1, 0.15) is 9.84 Å². The molecule has 1 heterocycles. The summed E-state index contributed by atoms with van der Waals surface area (Å²) >= 11 is 1.34. The van der Waals surface area contributed by atoms with Crippen molar-refractivity contribution < 1.29 is 8.42 Å². The predicted octanol–water partition coefficient (Wildman–Crippen LogP) is 3.42. The second kappa shape index (κ2) is 8.39. The first-order chi connectivity index (χ1) is 12.4. The molecule has 5 nitrogen and oxygen atoms in total. The lowest BCUT2D eigenvalue weighted by atomic mass is 9.97. The maximum atomic E-state index is 13.0. The van der Waals surface area contributed by atoms with Crippen LogP contribution in [0.1, 0.15) is 32.1 Å². The van der Waals surface area contributed by atoms with Crippen molar-refractivity contribution in [1.82, 2.24) is 9.55 Å². The largest absolute Gasteiger partial charge is 0.287 e. The fourth-order valence-corrected chi connectivity index (χ4v) is 5.35. The van der Waals surface area contributed by atoms with Crippen LogP contribution in [0.3, 0.4) is 0 Å². The highest BCUT2D eigenvalue weighted by molar-refractivity contribution is 8.00. The molecule has 1 aromatic carbocycles. The van der Waals surface area contributed by atoms with Gasteiger partial charge in [-0.15, -0.1) is 0 Å². The van der Waals surface area contributed by atoms with Crippen LogP contribution < -0.4 is 5.56 Å². The molecular formula is C19H24N2O3S2. The second-order valence-corrected chi connectivity index (χ2v) is 10.0. The topological polar surface area (TPSA) is 69.0 Å². The van der Waals surface area contributed by atoms with Gasteiger partial charge in [-0.2, -0.15) is 0 Å². The summed E-state index contributed by atoms with van der Waals surface area (Å²) < 4.78 is 24.5. The molecule has 26 heavy (non-hydrogen) atoms. The van der Waals surface area contributed by atoms with Crippen LogP contribution >= 0.6 is 11.8 Å². The van der Waals surface area contributed by atoms with Gasteiger partial charge in [0.05, 0.1) is 16.7 Å². The molecule has 140 valence electrons. The summed E-state index contributed by atoms with van der Waals surface area (Å²) in [7, 11) is -3.03. The van der Waals surface area contributed by atoms with E-state index in [1.807, 2.05) is 18.2 Å². The number of para-hydroxylation sites is 1. The number of sulfone groups is 1. The first kappa shape index (κ1) is 19.2. The van der Waals surface area contributed by atoms with E-state index in [-0.39, 0.29) is 11.3 Å². The number of thioether (sulfide) groups is 1. The summed E-state index contributed by atoms with van der Waals surface area (Å²) in [6, 6.07) is 7.32. The van der Waals surface area contributed by atoms with Gasteiger partial charge in [-0.3, -0.25) is 9.36 Å². The third-order valence-corrected chi connectivity index (χ3v) is 6.74. The quantitative estimate of drug-likeness (QED) is 0.410. The predicted molar refractivity (Wildman–Crippen MR) is 108 cm³/mol. The average molecular weight is 393 g/mol. The molecule has 7 heteroatoms. The van der Waals surface area contributed by atoms with Crippen LogP contribution in [0.5, 0.6) is 0 Å². The van der Waals surface area contributed by atoms with Crippen molar-refractivity contribution in [3.8, 4) is 0 Å². The Bertz CT molecular complexity index is 978. The number of allylic oxidation sites excluding steroid dienone is 2. The number of fused-ring (bicyclic) bond motifs is 1. The fourth-order valence-electron chi connectivity index (χ4n) is 3.13. The maximum Gasteiger partial charge on any atom is 0.262 e. The van der Waals surface area contributed by atoms with Crippen molar-refractivity contribution in [2.24, 2.45) is 0 Å². The Kier molecular flexibility index (Phi) is 6.19. The molecule has 0 aliphatic heterocycles. The van der Waals surface area contributed by atoms with Crippen molar-refractivity contribution in [3.63, 3.8) is 0 Å². The lowest BCUT2D eigenvalue weighted by molar-refractivity contribution is 0.569. The first-order valence-corrected chi connectivity index (χ1v) is 12.0. The van der Waals surface area contributed by atoms with Crippen LogP contribution in [-0.4, -0.2) is 35.7 Å². The summed E-state index contributed by atoms with van der Waals surface area (Å²) in [6.45, 7) is 0.587. The van der Waals surface area contributed by atoms with Crippen LogP contribution in [0.4, 0.5) is 0 Å². The highest BCUT2D eigenvalue weighted by Gasteiger charge is 2.13. The summed E-state index contributed by atoms with van der Waals surface area (Å²) in [5, 5.41) is 1.21. The van der Waals surface area contributed by atoms with Crippen molar-refractivity contribution >= 4 is 32.5 Å².